The van der Waals surface area contributed by atoms with Crippen molar-refractivity contribution in [2.24, 2.45) is 0 Å². The number of anilines is 1. The van der Waals surface area contributed by atoms with Crippen LogP contribution in [-0.2, 0) is 4.79 Å². The molecule has 3 nitrogen and oxygen atoms in total. The lowest BCUT2D eigenvalue weighted by Crippen LogP contribution is -2.44. The Kier molecular flexibility index (Phi) is 5.53. The van der Waals surface area contributed by atoms with E-state index in [-0.39, 0.29) is 11.4 Å². The number of hydrogen-bond acceptors (Lipinski definition) is 4. The van der Waals surface area contributed by atoms with Gasteiger partial charge in [-0.25, -0.2) is 0 Å². The average Bonchev–Trinajstić information content (AvgIpc) is 2.76. The molecule has 0 saturated carbocycles. The van der Waals surface area contributed by atoms with Crippen molar-refractivity contribution in [2.75, 3.05) is 18.0 Å². The van der Waals surface area contributed by atoms with E-state index in [2.05, 4.69) is 43.0 Å². The Morgan fingerprint density at radius 3 is 2.17 bits per heavy atom. The summed E-state index contributed by atoms with van der Waals surface area (Å²) in [5, 5.41) is 0. The van der Waals surface area contributed by atoms with Crippen molar-refractivity contribution in [2.45, 2.75) is 40.2 Å². The minimum absolute atomic E-state index is 0.000296. The molecule has 5 heteroatoms. The van der Waals surface area contributed by atoms with Crippen molar-refractivity contribution >= 4 is 46.0 Å². The maximum Gasteiger partial charge on any atom is 0.266 e. The molecular formula is C18H24N2OS2. The zero-order valence-corrected chi connectivity index (χ0v) is 16.1. The minimum Gasteiger partial charge on any atom is -0.372 e. The molecule has 1 aliphatic rings. The van der Waals surface area contributed by atoms with Crippen LogP contribution < -0.4 is 4.90 Å². The van der Waals surface area contributed by atoms with Crippen molar-refractivity contribution in [1.82, 2.24) is 4.90 Å². The number of amides is 1. The van der Waals surface area contributed by atoms with E-state index in [1.54, 1.807) is 4.90 Å². The lowest BCUT2D eigenvalue weighted by atomic mass is 10.1. The van der Waals surface area contributed by atoms with E-state index in [0.29, 0.717) is 9.23 Å². The second kappa shape index (κ2) is 7.05. The predicted molar refractivity (Wildman–Crippen MR) is 105 cm³/mol. The Bertz CT molecular complexity index is 625. The van der Waals surface area contributed by atoms with Gasteiger partial charge in [-0.2, -0.15) is 0 Å². The van der Waals surface area contributed by atoms with Crippen LogP contribution in [0.15, 0.2) is 29.2 Å². The smallest absolute Gasteiger partial charge is 0.266 e. The fraction of sp³-hybridized carbons (Fsp3) is 0.444. The number of rotatable bonds is 4. The van der Waals surface area contributed by atoms with E-state index in [0.717, 1.165) is 18.7 Å². The van der Waals surface area contributed by atoms with Crippen LogP contribution in [0.1, 0.15) is 40.2 Å². The molecule has 1 amide bonds. The Labute approximate surface area is 148 Å². The minimum atomic E-state index is -0.288. The first kappa shape index (κ1) is 18.0. The van der Waals surface area contributed by atoms with Crippen molar-refractivity contribution < 1.29 is 4.79 Å². The summed E-state index contributed by atoms with van der Waals surface area (Å²) in [5.74, 6) is 0.000296. The van der Waals surface area contributed by atoms with Gasteiger partial charge >= 0.3 is 0 Å². The summed E-state index contributed by atoms with van der Waals surface area (Å²) in [5.41, 5.74) is 1.94. The van der Waals surface area contributed by atoms with Gasteiger partial charge in [-0.05, 0) is 58.4 Å². The number of hydrogen-bond donors (Lipinski definition) is 0. The molecule has 0 unspecified atom stereocenters. The molecule has 0 aromatic heterocycles. The maximum atomic E-state index is 12.6. The van der Waals surface area contributed by atoms with Gasteiger partial charge in [0.2, 0.25) is 0 Å². The summed E-state index contributed by atoms with van der Waals surface area (Å²) in [7, 11) is 0. The first-order valence-electron chi connectivity index (χ1n) is 7.91. The molecule has 0 radical (unpaired) electrons. The second-order valence-corrected chi connectivity index (χ2v) is 8.13. The van der Waals surface area contributed by atoms with Crippen molar-refractivity contribution in [3.8, 4) is 0 Å². The van der Waals surface area contributed by atoms with E-state index >= 15 is 0 Å². The maximum absolute atomic E-state index is 12.6. The van der Waals surface area contributed by atoms with Crippen LogP contribution in [0.25, 0.3) is 6.08 Å². The topological polar surface area (TPSA) is 23.6 Å². The Morgan fingerprint density at radius 2 is 1.74 bits per heavy atom. The molecule has 2 rings (SSSR count). The zero-order valence-electron chi connectivity index (χ0n) is 14.4. The van der Waals surface area contributed by atoms with E-state index in [9.17, 15) is 4.79 Å². The van der Waals surface area contributed by atoms with Crippen molar-refractivity contribution in [3.63, 3.8) is 0 Å². The lowest BCUT2D eigenvalue weighted by Gasteiger charge is -2.30. The Balaban J connectivity index is 2.23. The van der Waals surface area contributed by atoms with E-state index in [1.807, 2.05) is 26.8 Å². The predicted octanol–water partition coefficient (Wildman–Crippen LogP) is 4.53. The molecule has 1 heterocycles. The first-order chi connectivity index (χ1) is 10.8. The van der Waals surface area contributed by atoms with Gasteiger partial charge in [0.1, 0.15) is 4.32 Å². The summed E-state index contributed by atoms with van der Waals surface area (Å²) < 4.78 is 0.633. The van der Waals surface area contributed by atoms with Gasteiger partial charge in [0.05, 0.1) is 4.91 Å². The average molecular weight is 349 g/mol. The number of carbonyl (C=O) groups excluding carboxylic acids is 1. The summed E-state index contributed by atoms with van der Waals surface area (Å²) in [4.78, 5) is 17.3. The molecule has 0 atom stereocenters. The Morgan fingerprint density at radius 1 is 1.17 bits per heavy atom. The summed E-state index contributed by atoms with van der Waals surface area (Å²) in [6, 6.07) is 8.31. The molecule has 1 aliphatic heterocycles. The Hall–Kier alpha value is -1.33. The summed E-state index contributed by atoms with van der Waals surface area (Å²) in [6.07, 6.45) is 1.93. The molecule has 1 aromatic rings. The zero-order chi connectivity index (χ0) is 17.2. The molecule has 0 bridgehead atoms. The monoisotopic (exact) mass is 348 g/mol. The van der Waals surface area contributed by atoms with Gasteiger partial charge < -0.3 is 4.90 Å². The number of benzene rings is 1. The quantitative estimate of drug-likeness (QED) is 0.589. The van der Waals surface area contributed by atoms with E-state index < -0.39 is 0 Å². The summed E-state index contributed by atoms with van der Waals surface area (Å²) >= 11 is 6.75. The van der Waals surface area contributed by atoms with Gasteiger partial charge in [-0.1, -0.05) is 36.1 Å². The highest BCUT2D eigenvalue weighted by Gasteiger charge is 2.38. The van der Waals surface area contributed by atoms with Crippen molar-refractivity contribution in [1.29, 1.82) is 0 Å². The first-order valence-corrected chi connectivity index (χ1v) is 9.13. The van der Waals surface area contributed by atoms with Crippen LogP contribution in [0.3, 0.4) is 0 Å². The SMILES string of the molecule is CCN(CC)c1ccc(/C=C2/SC(=S)N(C(C)(C)C)C2=O)cc1. The molecular weight excluding hydrogens is 324 g/mol. The third-order valence-corrected chi connectivity index (χ3v) is 5.09. The molecule has 1 aromatic carbocycles. The van der Waals surface area contributed by atoms with E-state index in [1.165, 1.54) is 17.4 Å². The molecule has 0 aliphatic carbocycles. The number of nitrogens with zero attached hydrogens (tertiary/aromatic N) is 2. The number of thioether (sulfide) groups is 1. The summed E-state index contributed by atoms with van der Waals surface area (Å²) in [6.45, 7) is 12.3. The van der Waals surface area contributed by atoms with Gasteiger partial charge in [0.25, 0.3) is 5.91 Å². The number of thiocarbonyl (C=S) groups is 1. The third kappa shape index (κ3) is 3.96. The molecule has 23 heavy (non-hydrogen) atoms. The highest BCUT2D eigenvalue weighted by atomic mass is 32.2. The largest absolute Gasteiger partial charge is 0.372 e. The molecule has 124 valence electrons. The van der Waals surface area contributed by atoms with Gasteiger partial charge in [0, 0.05) is 24.3 Å². The molecule has 1 saturated heterocycles. The van der Waals surface area contributed by atoms with Gasteiger partial charge in [-0.15, -0.1) is 0 Å². The van der Waals surface area contributed by atoms with Crippen LogP contribution in [0, 0.1) is 0 Å². The van der Waals surface area contributed by atoms with Crippen LogP contribution in [0.4, 0.5) is 5.69 Å². The fourth-order valence-corrected chi connectivity index (χ4v) is 4.20. The van der Waals surface area contributed by atoms with Gasteiger partial charge in [-0.3, -0.25) is 9.69 Å². The highest BCUT2D eigenvalue weighted by Crippen LogP contribution is 2.36. The van der Waals surface area contributed by atoms with Crippen molar-refractivity contribution in [3.05, 3.63) is 34.7 Å². The molecule has 0 N–H and O–H groups in total. The number of carbonyl (C=O) groups is 1. The van der Waals surface area contributed by atoms with Crippen LogP contribution in [-0.4, -0.2) is 33.8 Å². The van der Waals surface area contributed by atoms with Crippen LogP contribution in [0.5, 0.6) is 0 Å². The fourth-order valence-electron chi connectivity index (χ4n) is 2.57. The second-order valence-electron chi connectivity index (χ2n) is 6.45. The molecule has 1 fully saturated rings. The van der Waals surface area contributed by atoms with Gasteiger partial charge in [0.15, 0.2) is 0 Å². The molecule has 0 spiro atoms. The highest BCUT2D eigenvalue weighted by molar-refractivity contribution is 8.26. The normalized spacial score (nSPS) is 17.3. The standard InChI is InChI=1S/C18H24N2OS2/c1-6-19(7-2)14-10-8-13(9-11-14)12-15-16(21)20(17(22)23-15)18(3,4)5/h8-12H,6-7H2,1-5H3/b15-12+. The lowest BCUT2D eigenvalue weighted by molar-refractivity contribution is -0.125. The van der Waals surface area contributed by atoms with E-state index in [4.69, 9.17) is 12.2 Å². The van der Waals surface area contributed by atoms with Crippen LogP contribution in [0.2, 0.25) is 0 Å². The third-order valence-electron chi connectivity index (χ3n) is 3.78. The van der Waals surface area contributed by atoms with Crippen LogP contribution >= 0.6 is 24.0 Å².